The van der Waals surface area contributed by atoms with E-state index in [0.717, 1.165) is 57.2 Å². The summed E-state index contributed by atoms with van der Waals surface area (Å²) in [6.07, 6.45) is 6.89. The fourth-order valence-corrected chi connectivity index (χ4v) is 11.2. The largest absolute Gasteiger partial charge is 0.469 e. The maximum Gasteiger partial charge on any atom is 0.352 e. The first-order valence-corrected chi connectivity index (χ1v) is 19.7. The van der Waals surface area contributed by atoms with Crippen molar-refractivity contribution in [1.82, 2.24) is 25.2 Å². The Hall–Kier alpha value is -2.99. The lowest BCUT2D eigenvalue weighted by molar-refractivity contribution is -0.140. The van der Waals surface area contributed by atoms with Gasteiger partial charge in [-0.25, -0.2) is 9.78 Å². The zero-order valence-corrected chi connectivity index (χ0v) is 35.5. The second-order valence-electron chi connectivity index (χ2n) is 20.3. The molecule has 5 heterocycles. The Labute approximate surface area is 318 Å². The number of esters is 2. The van der Waals surface area contributed by atoms with Gasteiger partial charge in [0, 0.05) is 22.2 Å². The summed E-state index contributed by atoms with van der Waals surface area (Å²) in [5.74, 6) is 0.305. The molecular weight excluding hydrogens is 669 g/mol. The smallest absolute Gasteiger partial charge is 0.352 e. The highest BCUT2D eigenvalue weighted by atomic mass is 16.5. The molecule has 3 unspecified atom stereocenters. The van der Waals surface area contributed by atoms with Crippen LogP contribution < -0.4 is 10.6 Å². The molecule has 3 saturated heterocycles. The summed E-state index contributed by atoms with van der Waals surface area (Å²) in [4.78, 5) is 56.8. The molecule has 5 rings (SSSR count). The van der Waals surface area contributed by atoms with E-state index in [2.05, 4.69) is 106 Å². The minimum Gasteiger partial charge on any atom is -0.469 e. The fourth-order valence-electron chi connectivity index (χ4n) is 11.2. The van der Waals surface area contributed by atoms with Crippen LogP contribution in [0.25, 0.3) is 0 Å². The summed E-state index contributed by atoms with van der Waals surface area (Å²) >= 11 is 0. The third kappa shape index (κ3) is 7.40. The number of ether oxygens (including phenoxy) is 2. The van der Waals surface area contributed by atoms with Gasteiger partial charge in [-0.05, 0) is 113 Å². The summed E-state index contributed by atoms with van der Waals surface area (Å²) in [5, 5.41) is 7.51. The van der Waals surface area contributed by atoms with E-state index in [4.69, 9.17) is 34.4 Å². The Balaban J connectivity index is 1.94. The van der Waals surface area contributed by atoms with Crippen molar-refractivity contribution in [2.75, 3.05) is 26.1 Å². The maximum absolute atomic E-state index is 13.8. The van der Waals surface area contributed by atoms with Crippen LogP contribution in [0.1, 0.15) is 159 Å². The van der Waals surface area contributed by atoms with Gasteiger partial charge in [-0.15, -0.1) is 0 Å². The Morgan fingerprint density at radius 2 is 1.47 bits per heavy atom. The maximum atomic E-state index is 13.8. The summed E-state index contributed by atoms with van der Waals surface area (Å²) < 4.78 is 10.5. The molecule has 1 aromatic heterocycles. The summed E-state index contributed by atoms with van der Waals surface area (Å²) in [7, 11) is 2.63. The predicted molar refractivity (Wildman–Crippen MR) is 211 cm³/mol. The third-order valence-corrected chi connectivity index (χ3v) is 12.1. The highest BCUT2D eigenvalue weighted by Gasteiger charge is 2.77. The monoisotopic (exact) mass is 737 g/mol. The van der Waals surface area contributed by atoms with Crippen molar-refractivity contribution in [3.05, 3.63) is 11.6 Å². The zero-order valence-electron chi connectivity index (χ0n) is 35.5. The number of nitrogens with one attached hydrogen (secondary N) is 2. The second kappa shape index (κ2) is 13.6. The number of nitrogens with zero attached hydrogens (tertiary/aromatic N) is 6. The topological polar surface area (TPSA) is 143 Å². The van der Waals surface area contributed by atoms with Crippen molar-refractivity contribution in [3.8, 4) is 0 Å². The predicted octanol–water partition coefficient (Wildman–Crippen LogP) is 6.71. The van der Waals surface area contributed by atoms with Crippen LogP contribution in [0.5, 0.6) is 0 Å². The van der Waals surface area contributed by atoms with Crippen molar-refractivity contribution in [2.24, 2.45) is 15.4 Å². The summed E-state index contributed by atoms with van der Waals surface area (Å²) in [6, 6.07) is -0.0639. The van der Waals surface area contributed by atoms with E-state index < -0.39 is 34.0 Å². The number of hydrogen-bond acceptors (Lipinski definition) is 12. The van der Waals surface area contributed by atoms with Crippen molar-refractivity contribution >= 4 is 29.3 Å². The molecule has 0 saturated carbocycles. The lowest BCUT2D eigenvalue weighted by atomic mass is 9.49. The highest BCUT2D eigenvalue weighted by molar-refractivity contribution is 6.39. The van der Waals surface area contributed by atoms with Crippen molar-refractivity contribution in [2.45, 2.75) is 192 Å². The molecule has 12 heteroatoms. The van der Waals surface area contributed by atoms with Gasteiger partial charge in [-0.2, -0.15) is 9.97 Å². The highest BCUT2D eigenvalue weighted by Crippen LogP contribution is 2.65. The van der Waals surface area contributed by atoms with Crippen LogP contribution in [0.4, 0.5) is 5.95 Å². The third-order valence-electron chi connectivity index (χ3n) is 12.1. The fraction of sp³-hybridized carbons (Fsp3) is 0.829. The molecule has 12 nitrogen and oxygen atoms in total. The van der Waals surface area contributed by atoms with E-state index in [-0.39, 0.29) is 40.2 Å². The standard InChI is InChI=1S/C41H68N8O4/c1-34(2,3)25-37(8,9)47-33-44-31-40-20-18-16-17-19-21-49(39(40,12)13)38(10,11)30(42-26-23-35(4,5)48-36(6,7)24-26)41(40,32(43-31)45-33)46-27(29(51)53-15)22-28(50)52-14/h26,48H,16-25H2,1-15H3,(H,43,44,45,47). The molecule has 4 bridgehead atoms. The molecule has 0 radical (unpaired) electrons. The van der Waals surface area contributed by atoms with E-state index in [1.165, 1.54) is 14.2 Å². The lowest BCUT2D eigenvalue weighted by Gasteiger charge is -2.66. The van der Waals surface area contributed by atoms with Gasteiger partial charge >= 0.3 is 11.9 Å². The Kier molecular flexibility index (Phi) is 10.6. The van der Waals surface area contributed by atoms with Crippen molar-refractivity contribution in [1.29, 1.82) is 0 Å². The summed E-state index contributed by atoms with van der Waals surface area (Å²) in [6.45, 7) is 29.9. The van der Waals surface area contributed by atoms with Crippen LogP contribution in [-0.4, -0.2) is 97.7 Å². The molecule has 53 heavy (non-hydrogen) atoms. The second-order valence-corrected chi connectivity index (χ2v) is 20.3. The molecular formula is C41H68N8O4. The minimum absolute atomic E-state index is 0.0362. The van der Waals surface area contributed by atoms with Crippen LogP contribution in [0.2, 0.25) is 0 Å². The van der Waals surface area contributed by atoms with E-state index in [1.807, 2.05) is 0 Å². The average Bonchev–Trinajstić information content (AvgIpc) is 3.20. The molecule has 1 aromatic rings. The Morgan fingerprint density at radius 3 is 2.06 bits per heavy atom. The lowest BCUT2D eigenvalue weighted by Crippen LogP contribution is -2.80. The van der Waals surface area contributed by atoms with Crippen LogP contribution in [0, 0.1) is 5.41 Å². The minimum atomic E-state index is -1.38. The molecule has 0 amide bonds. The van der Waals surface area contributed by atoms with Gasteiger partial charge in [-0.1, -0.05) is 40.0 Å². The average molecular weight is 737 g/mol. The molecule has 1 spiro atoms. The van der Waals surface area contributed by atoms with Gasteiger partial charge in [0.15, 0.2) is 11.4 Å². The molecule has 0 aliphatic carbocycles. The Morgan fingerprint density at radius 1 is 0.868 bits per heavy atom. The molecule has 3 fully saturated rings. The van der Waals surface area contributed by atoms with Gasteiger partial charge in [-0.3, -0.25) is 19.7 Å². The van der Waals surface area contributed by atoms with E-state index in [1.54, 1.807) is 0 Å². The van der Waals surface area contributed by atoms with Gasteiger partial charge in [0.05, 0.1) is 43.3 Å². The number of carbonyl (C=O) groups is 2. The number of aromatic nitrogens is 3. The number of aliphatic imine (C=N–C) groups is 2. The number of hydrogen-bond donors (Lipinski definition) is 2. The van der Waals surface area contributed by atoms with Gasteiger partial charge < -0.3 is 20.1 Å². The molecule has 3 atom stereocenters. The van der Waals surface area contributed by atoms with E-state index in [0.29, 0.717) is 24.0 Å². The number of rotatable bonds is 8. The van der Waals surface area contributed by atoms with Gasteiger partial charge in [0.1, 0.15) is 11.5 Å². The molecule has 2 N–H and O–H groups in total. The van der Waals surface area contributed by atoms with Crippen molar-refractivity contribution < 1.29 is 19.1 Å². The number of piperidine rings is 2. The number of methoxy groups -OCH3 is 2. The van der Waals surface area contributed by atoms with Gasteiger partial charge in [0.2, 0.25) is 5.95 Å². The van der Waals surface area contributed by atoms with Crippen LogP contribution >= 0.6 is 0 Å². The number of carbonyl (C=O) groups excluding carboxylic acids is 2. The summed E-state index contributed by atoms with van der Waals surface area (Å²) in [5.41, 5.74) is -3.41. The number of anilines is 1. The molecule has 0 aromatic carbocycles. The normalized spacial score (nSPS) is 30.1. The quantitative estimate of drug-likeness (QED) is 0.218. The van der Waals surface area contributed by atoms with Gasteiger partial charge in [0.25, 0.3) is 0 Å². The van der Waals surface area contributed by atoms with Crippen LogP contribution in [-0.2, 0) is 30.0 Å². The first-order chi connectivity index (χ1) is 24.3. The molecule has 4 aliphatic rings. The van der Waals surface area contributed by atoms with E-state index >= 15 is 0 Å². The first kappa shape index (κ1) is 41.2. The van der Waals surface area contributed by atoms with Crippen molar-refractivity contribution in [3.63, 3.8) is 0 Å². The van der Waals surface area contributed by atoms with E-state index in [9.17, 15) is 9.59 Å². The molecule has 4 aliphatic heterocycles. The zero-order chi connectivity index (χ0) is 39.6. The first-order valence-electron chi connectivity index (χ1n) is 19.7. The number of fused-ring (bicyclic) bond motifs is 4. The van der Waals surface area contributed by atoms with Crippen LogP contribution in [0.15, 0.2) is 9.98 Å². The SMILES string of the molecule is COC(=O)CC(=NC12C(=NC3CC(C)(C)NC(C)(C)C3)C(C)(C)N3CCCCCCC1(c1nc(NC(C)(C)CC(C)(C)C)nc2n1)C3(C)C)C(=O)OC. The Bertz CT molecular complexity index is 1640. The van der Waals surface area contributed by atoms with Crippen LogP contribution in [0.3, 0.4) is 0 Å². The molecule has 296 valence electrons.